The molecule has 2 bridgehead atoms. The molecule has 0 spiro atoms. The zero-order valence-electron chi connectivity index (χ0n) is 25.3. The van der Waals surface area contributed by atoms with E-state index in [-0.39, 0.29) is 88.5 Å². The SMILES string of the molecule is C[C@]12CC[C@H](CN(c3nc(OC[C@@H]4CC[C@H]5CC(F)(F)CCN45)nc4c(F)c(-c5cc(O)cc6cccc(Cl)c56)c(F)cc34)C1)N2. The number of fused-ring (bicyclic) bond motifs is 5. The Bertz CT molecular complexity index is 1880. The van der Waals surface area contributed by atoms with Gasteiger partial charge in [0.05, 0.1) is 5.56 Å². The first kappa shape index (κ1) is 30.0. The van der Waals surface area contributed by atoms with E-state index in [1.54, 1.807) is 18.2 Å². The molecule has 3 aromatic carbocycles. The smallest absolute Gasteiger partial charge is 0.319 e. The fraction of sp³-hybridized carbons (Fsp3) is 0.471. The average Bonchev–Trinajstić information content (AvgIpc) is 3.52. The van der Waals surface area contributed by atoms with Gasteiger partial charge >= 0.3 is 6.01 Å². The number of piperazine rings is 1. The van der Waals surface area contributed by atoms with Gasteiger partial charge in [-0.3, -0.25) is 4.90 Å². The quantitative estimate of drug-likeness (QED) is 0.223. The first-order chi connectivity index (χ1) is 22.0. The lowest BCUT2D eigenvalue weighted by molar-refractivity contribution is -0.0776. The summed E-state index contributed by atoms with van der Waals surface area (Å²) in [6.45, 7) is 3.77. The van der Waals surface area contributed by atoms with E-state index in [1.165, 1.54) is 18.2 Å². The lowest BCUT2D eigenvalue weighted by atomic mass is 9.95. The summed E-state index contributed by atoms with van der Waals surface area (Å²) in [4.78, 5) is 13.4. The number of phenols is 1. The first-order valence-electron chi connectivity index (χ1n) is 15.9. The molecule has 242 valence electrons. The molecular formula is C34H34ClF4N5O2. The minimum atomic E-state index is -2.65. The molecule has 4 aliphatic heterocycles. The number of aromatic hydroxyl groups is 1. The third-order valence-electron chi connectivity index (χ3n) is 10.3. The second kappa shape index (κ2) is 10.8. The van der Waals surface area contributed by atoms with Crippen LogP contribution in [0.1, 0.15) is 45.4 Å². The molecule has 0 unspecified atom stereocenters. The van der Waals surface area contributed by atoms with Crippen molar-refractivity contribution in [3.05, 3.63) is 53.1 Å². The van der Waals surface area contributed by atoms with Crippen molar-refractivity contribution in [1.82, 2.24) is 20.2 Å². The third kappa shape index (κ3) is 5.11. The van der Waals surface area contributed by atoms with Crippen LogP contribution in [0.4, 0.5) is 23.4 Å². The maximum atomic E-state index is 16.8. The van der Waals surface area contributed by atoms with Crippen LogP contribution in [0.5, 0.6) is 11.8 Å². The van der Waals surface area contributed by atoms with Gasteiger partial charge in [0.2, 0.25) is 0 Å². The molecule has 4 fully saturated rings. The van der Waals surface area contributed by atoms with Crippen LogP contribution < -0.4 is 15.0 Å². The fourth-order valence-corrected chi connectivity index (χ4v) is 8.55. The Kier molecular flexibility index (Phi) is 7.04. The summed E-state index contributed by atoms with van der Waals surface area (Å²) < 4.78 is 67.2. The second-order valence-corrected chi connectivity index (χ2v) is 14.1. The van der Waals surface area contributed by atoms with E-state index in [0.29, 0.717) is 42.5 Å². The zero-order valence-corrected chi connectivity index (χ0v) is 26.1. The summed E-state index contributed by atoms with van der Waals surface area (Å²) in [6.07, 6.45) is 2.97. The van der Waals surface area contributed by atoms with Crippen molar-refractivity contribution < 1.29 is 27.4 Å². The van der Waals surface area contributed by atoms with Gasteiger partial charge in [0, 0.05) is 77.5 Å². The molecule has 2 N–H and O–H groups in total. The van der Waals surface area contributed by atoms with Crippen LogP contribution in [0.3, 0.4) is 0 Å². The van der Waals surface area contributed by atoms with Crippen molar-refractivity contribution in [3.63, 3.8) is 0 Å². The summed E-state index contributed by atoms with van der Waals surface area (Å²) in [6, 6.07) is 8.94. The van der Waals surface area contributed by atoms with Crippen LogP contribution in [-0.4, -0.2) is 75.8 Å². The van der Waals surface area contributed by atoms with Crippen LogP contribution in [0, 0.1) is 11.6 Å². The van der Waals surface area contributed by atoms with Gasteiger partial charge in [-0.05, 0) is 62.3 Å². The number of benzene rings is 3. The number of rotatable bonds is 5. The van der Waals surface area contributed by atoms with Gasteiger partial charge in [0.1, 0.15) is 29.5 Å². The van der Waals surface area contributed by atoms with Crippen molar-refractivity contribution >= 4 is 39.1 Å². The van der Waals surface area contributed by atoms with Gasteiger partial charge in [0.25, 0.3) is 5.92 Å². The third-order valence-corrected chi connectivity index (χ3v) is 10.7. The maximum absolute atomic E-state index is 16.8. The highest BCUT2D eigenvalue weighted by Gasteiger charge is 2.46. The molecule has 1 aromatic heterocycles. The van der Waals surface area contributed by atoms with Crippen LogP contribution in [0.15, 0.2) is 36.4 Å². The molecule has 12 heteroatoms. The number of nitrogens with one attached hydrogen (secondary N) is 1. The Balaban J connectivity index is 1.23. The molecule has 4 saturated heterocycles. The van der Waals surface area contributed by atoms with Crippen molar-refractivity contribution in [2.45, 2.75) is 75.0 Å². The number of halogens is 5. The Morgan fingerprint density at radius 2 is 1.96 bits per heavy atom. The molecule has 0 amide bonds. The van der Waals surface area contributed by atoms with E-state index in [4.69, 9.17) is 21.3 Å². The molecule has 0 saturated carbocycles. The summed E-state index contributed by atoms with van der Waals surface area (Å²) in [5.74, 6) is -4.18. The first-order valence-corrected chi connectivity index (χ1v) is 16.3. The number of piperidine rings is 1. The van der Waals surface area contributed by atoms with Gasteiger partial charge < -0.3 is 20.1 Å². The van der Waals surface area contributed by atoms with Gasteiger partial charge in [-0.2, -0.15) is 9.97 Å². The lowest BCUT2D eigenvalue weighted by Gasteiger charge is -2.40. The van der Waals surface area contributed by atoms with Crippen LogP contribution in [-0.2, 0) is 0 Å². The topological polar surface area (TPSA) is 73.8 Å². The largest absolute Gasteiger partial charge is 0.508 e. The number of aromatic nitrogens is 2. The number of anilines is 1. The Morgan fingerprint density at radius 3 is 2.78 bits per heavy atom. The van der Waals surface area contributed by atoms with Crippen LogP contribution in [0.2, 0.25) is 5.02 Å². The van der Waals surface area contributed by atoms with Crippen molar-refractivity contribution in [3.8, 4) is 22.9 Å². The Morgan fingerprint density at radius 1 is 1.11 bits per heavy atom. The predicted octanol–water partition coefficient (Wildman–Crippen LogP) is 7.06. The van der Waals surface area contributed by atoms with E-state index in [0.717, 1.165) is 12.8 Å². The van der Waals surface area contributed by atoms with Crippen molar-refractivity contribution in [2.24, 2.45) is 0 Å². The Labute approximate surface area is 268 Å². The number of nitrogens with zero attached hydrogens (tertiary/aromatic N) is 4. The molecular weight excluding hydrogens is 622 g/mol. The normalized spacial score (nSPS) is 27.4. The van der Waals surface area contributed by atoms with Crippen LogP contribution in [0.25, 0.3) is 32.8 Å². The summed E-state index contributed by atoms with van der Waals surface area (Å²) in [5, 5.41) is 15.6. The minimum absolute atomic E-state index is 0.0559. The number of alkyl halides is 2. The predicted molar refractivity (Wildman–Crippen MR) is 169 cm³/mol. The van der Waals surface area contributed by atoms with Crippen LogP contribution >= 0.6 is 11.6 Å². The van der Waals surface area contributed by atoms with E-state index in [2.05, 4.69) is 22.1 Å². The number of hydrogen-bond acceptors (Lipinski definition) is 7. The molecule has 0 aliphatic carbocycles. The lowest BCUT2D eigenvalue weighted by Crippen LogP contribution is -2.58. The molecule has 0 radical (unpaired) electrons. The molecule has 8 rings (SSSR count). The molecule has 46 heavy (non-hydrogen) atoms. The van der Waals surface area contributed by atoms with Gasteiger partial charge in [-0.15, -0.1) is 0 Å². The number of hydrogen-bond donors (Lipinski definition) is 2. The van der Waals surface area contributed by atoms with Gasteiger partial charge in [0.15, 0.2) is 5.82 Å². The van der Waals surface area contributed by atoms with E-state index in [1.807, 2.05) is 4.90 Å². The van der Waals surface area contributed by atoms with Gasteiger partial charge in [-0.25, -0.2) is 17.6 Å². The molecule has 4 aliphatic rings. The van der Waals surface area contributed by atoms with Crippen molar-refractivity contribution in [1.29, 1.82) is 0 Å². The molecule has 7 nitrogen and oxygen atoms in total. The average molecular weight is 656 g/mol. The van der Waals surface area contributed by atoms with E-state index < -0.39 is 17.6 Å². The highest BCUT2D eigenvalue weighted by molar-refractivity contribution is 6.36. The second-order valence-electron chi connectivity index (χ2n) is 13.7. The Hall–Kier alpha value is -3.41. The summed E-state index contributed by atoms with van der Waals surface area (Å²) in [5.41, 5.74) is -0.549. The maximum Gasteiger partial charge on any atom is 0.319 e. The zero-order chi connectivity index (χ0) is 32.0. The number of ether oxygens (including phenoxy) is 1. The summed E-state index contributed by atoms with van der Waals surface area (Å²) >= 11 is 6.52. The summed E-state index contributed by atoms with van der Waals surface area (Å²) in [7, 11) is 0. The standard InChI is InChI=1S/C34H34ClF4N5O2/c1-33-8-7-19(42-33)15-43(17-33)31-24-13-26(36)28(23-12-22(45)11-18-3-2-4-25(35)27(18)23)29(37)30(24)40-32(41-31)46-16-21-6-5-20-14-34(38,39)9-10-44(20)21/h2-4,11-13,19-21,42,45H,5-10,14-17H2,1H3/t19-,20+,21+,33+/m1/s1. The molecule has 4 aromatic rings. The monoisotopic (exact) mass is 655 g/mol. The van der Waals surface area contributed by atoms with E-state index >= 15 is 8.78 Å². The minimum Gasteiger partial charge on any atom is -0.508 e. The van der Waals surface area contributed by atoms with E-state index in [9.17, 15) is 13.9 Å². The van der Waals surface area contributed by atoms with Crippen molar-refractivity contribution in [2.75, 3.05) is 31.1 Å². The molecule has 4 atom stereocenters. The highest BCUT2D eigenvalue weighted by Crippen LogP contribution is 2.43. The number of phenolic OH excluding ortho intramolecular Hbond substituents is 1. The molecule has 5 heterocycles. The fourth-order valence-electron chi connectivity index (χ4n) is 8.27. The van der Waals surface area contributed by atoms with Gasteiger partial charge in [-0.1, -0.05) is 23.7 Å². The highest BCUT2D eigenvalue weighted by atomic mass is 35.5.